The molecule has 1 heteroatoms. The maximum absolute atomic E-state index is 2.35. The fraction of sp³-hybridized carbons (Fsp3) is 1.00. The molecule has 74 valence electrons. The van der Waals surface area contributed by atoms with Crippen LogP contribution in [0.5, 0.6) is 0 Å². The molecule has 0 spiro atoms. The molecule has 2 fully saturated rings. The molecule has 0 aromatic carbocycles. The second-order valence-electron chi connectivity index (χ2n) is 4.78. The first kappa shape index (κ1) is 12.0. The van der Waals surface area contributed by atoms with Gasteiger partial charge in [-0.25, -0.2) is 0 Å². The lowest BCUT2D eigenvalue weighted by atomic mass is 10.1. The average Bonchev–Trinajstić information content (AvgIpc) is 2.63. The van der Waals surface area contributed by atoms with E-state index in [1.807, 2.05) is 0 Å². The monoisotopic (exact) mass is 171 g/mol. The van der Waals surface area contributed by atoms with E-state index >= 15 is 0 Å². The van der Waals surface area contributed by atoms with Gasteiger partial charge in [0.25, 0.3) is 0 Å². The van der Waals surface area contributed by atoms with Crippen molar-refractivity contribution in [2.45, 2.75) is 53.5 Å². The van der Waals surface area contributed by atoms with Crippen LogP contribution in [0.2, 0.25) is 0 Å². The number of rotatable bonds is 0. The fourth-order valence-electron chi connectivity index (χ4n) is 0.895. The Morgan fingerprint density at radius 1 is 1.25 bits per heavy atom. The first-order valence-corrected chi connectivity index (χ1v) is 4.71. The molecular formula is C11H25N. The van der Waals surface area contributed by atoms with Crippen molar-refractivity contribution in [1.82, 2.24) is 4.90 Å². The summed E-state index contributed by atoms with van der Waals surface area (Å²) in [7, 11) is 2.16. The molecule has 1 atom stereocenters. The lowest BCUT2D eigenvalue weighted by Crippen LogP contribution is -2.41. The van der Waals surface area contributed by atoms with E-state index in [0.717, 1.165) is 11.5 Å². The Balaban J connectivity index is 0.000000189. The second-order valence-corrected chi connectivity index (χ2v) is 4.78. The molecule has 2 aliphatic rings. The molecule has 1 aliphatic carbocycles. The summed E-state index contributed by atoms with van der Waals surface area (Å²) in [4.78, 5) is 2.35. The van der Waals surface area contributed by atoms with Gasteiger partial charge in [0.1, 0.15) is 0 Å². The standard InChI is InChI=1S/C5H11N.C5H10.CH4/c1-5-3-4-6(5)2;1-5(2)3-4-5;/h5H,3-4H2,1-2H3;3-4H2,1-2H3;1H4. The van der Waals surface area contributed by atoms with Crippen LogP contribution < -0.4 is 0 Å². The first-order chi connectivity index (χ1) is 5.01. The van der Waals surface area contributed by atoms with E-state index in [1.54, 1.807) is 0 Å². The molecule has 12 heavy (non-hydrogen) atoms. The molecule has 1 saturated heterocycles. The van der Waals surface area contributed by atoms with E-state index < -0.39 is 0 Å². The van der Waals surface area contributed by atoms with Gasteiger partial charge in [-0.2, -0.15) is 0 Å². The quantitative estimate of drug-likeness (QED) is 0.541. The van der Waals surface area contributed by atoms with Crippen molar-refractivity contribution in [1.29, 1.82) is 0 Å². The minimum absolute atomic E-state index is 0. The highest BCUT2D eigenvalue weighted by Crippen LogP contribution is 2.43. The van der Waals surface area contributed by atoms with Crippen LogP contribution in [0.3, 0.4) is 0 Å². The van der Waals surface area contributed by atoms with Gasteiger partial charge in [0, 0.05) is 6.04 Å². The van der Waals surface area contributed by atoms with Crippen LogP contribution in [0.4, 0.5) is 0 Å². The summed E-state index contributed by atoms with van der Waals surface area (Å²) in [6.07, 6.45) is 4.30. The van der Waals surface area contributed by atoms with E-state index in [-0.39, 0.29) is 7.43 Å². The predicted octanol–water partition coefficient (Wildman–Crippen LogP) is 3.15. The van der Waals surface area contributed by atoms with Crippen LogP contribution in [0.1, 0.15) is 47.5 Å². The molecule has 1 heterocycles. The third-order valence-electron chi connectivity index (χ3n) is 2.90. The average molecular weight is 171 g/mol. The van der Waals surface area contributed by atoms with Crippen molar-refractivity contribution in [2.24, 2.45) is 5.41 Å². The van der Waals surface area contributed by atoms with E-state index in [9.17, 15) is 0 Å². The summed E-state index contributed by atoms with van der Waals surface area (Å²) >= 11 is 0. The molecule has 1 unspecified atom stereocenters. The molecule has 0 bridgehead atoms. The molecule has 0 radical (unpaired) electrons. The third kappa shape index (κ3) is 4.10. The molecule has 1 saturated carbocycles. The van der Waals surface area contributed by atoms with Crippen molar-refractivity contribution in [3.63, 3.8) is 0 Å². The molecule has 2 rings (SSSR count). The minimum Gasteiger partial charge on any atom is -0.304 e. The zero-order valence-corrected chi connectivity index (χ0v) is 8.35. The summed E-state index contributed by atoms with van der Waals surface area (Å²) in [5.74, 6) is 0. The molecule has 0 aromatic heterocycles. The fourth-order valence-corrected chi connectivity index (χ4v) is 0.895. The normalized spacial score (nSPS) is 30.5. The van der Waals surface area contributed by atoms with Crippen LogP contribution in [0.15, 0.2) is 0 Å². The van der Waals surface area contributed by atoms with Gasteiger partial charge in [-0.05, 0) is 45.2 Å². The van der Waals surface area contributed by atoms with Crippen LogP contribution in [-0.4, -0.2) is 24.5 Å². The first-order valence-electron chi connectivity index (χ1n) is 4.71. The molecule has 1 nitrogen and oxygen atoms in total. The third-order valence-corrected chi connectivity index (χ3v) is 2.90. The van der Waals surface area contributed by atoms with E-state index in [2.05, 4.69) is 32.7 Å². The number of nitrogens with zero attached hydrogens (tertiary/aromatic N) is 1. The zero-order valence-electron chi connectivity index (χ0n) is 8.35. The molecular weight excluding hydrogens is 146 g/mol. The summed E-state index contributed by atoms with van der Waals surface area (Å²) in [5.41, 5.74) is 0.750. The van der Waals surface area contributed by atoms with Crippen LogP contribution in [0, 0.1) is 5.41 Å². The Bertz CT molecular complexity index is 115. The largest absolute Gasteiger partial charge is 0.304 e. The molecule has 0 aromatic rings. The summed E-state index contributed by atoms with van der Waals surface area (Å²) in [5, 5.41) is 0. The highest BCUT2D eigenvalue weighted by Gasteiger charge is 2.30. The van der Waals surface area contributed by atoms with Crippen molar-refractivity contribution in [3.8, 4) is 0 Å². The highest BCUT2D eigenvalue weighted by atomic mass is 15.2. The Kier molecular flexibility index (Phi) is 4.25. The highest BCUT2D eigenvalue weighted by molar-refractivity contribution is 4.82. The van der Waals surface area contributed by atoms with Crippen molar-refractivity contribution in [2.75, 3.05) is 13.6 Å². The lowest BCUT2D eigenvalue weighted by molar-refractivity contribution is 0.143. The zero-order chi connectivity index (χ0) is 8.48. The van der Waals surface area contributed by atoms with Gasteiger partial charge < -0.3 is 4.90 Å². The topological polar surface area (TPSA) is 3.24 Å². The van der Waals surface area contributed by atoms with Gasteiger partial charge in [0.2, 0.25) is 0 Å². The van der Waals surface area contributed by atoms with E-state index in [4.69, 9.17) is 0 Å². The Morgan fingerprint density at radius 2 is 1.58 bits per heavy atom. The smallest absolute Gasteiger partial charge is 0.00760 e. The van der Waals surface area contributed by atoms with Gasteiger partial charge in [-0.1, -0.05) is 21.3 Å². The van der Waals surface area contributed by atoms with Crippen molar-refractivity contribution < 1.29 is 0 Å². The summed E-state index contributed by atoms with van der Waals surface area (Å²) < 4.78 is 0. The SMILES string of the molecule is C.CC1(C)CC1.CC1CCN1C. The predicted molar refractivity (Wildman–Crippen MR) is 56.5 cm³/mol. The Labute approximate surface area is 78.1 Å². The van der Waals surface area contributed by atoms with Crippen LogP contribution in [0.25, 0.3) is 0 Å². The molecule has 0 N–H and O–H groups in total. The Hall–Kier alpha value is -0.0400. The van der Waals surface area contributed by atoms with Gasteiger partial charge in [-0.3, -0.25) is 0 Å². The lowest BCUT2D eigenvalue weighted by Gasteiger charge is -2.34. The van der Waals surface area contributed by atoms with Gasteiger partial charge in [-0.15, -0.1) is 0 Å². The molecule has 0 amide bonds. The van der Waals surface area contributed by atoms with Crippen molar-refractivity contribution in [3.05, 3.63) is 0 Å². The van der Waals surface area contributed by atoms with Gasteiger partial charge in [0.15, 0.2) is 0 Å². The second kappa shape index (κ2) is 4.27. The maximum atomic E-state index is 2.35. The van der Waals surface area contributed by atoms with Gasteiger partial charge in [0.05, 0.1) is 0 Å². The molecule has 1 aliphatic heterocycles. The summed E-state index contributed by atoms with van der Waals surface area (Å²) in [6, 6.07) is 0.866. The van der Waals surface area contributed by atoms with Crippen molar-refractivity contribution >= 4 is 0 Å². The number of hydrogen-bond donors (Lipinski definition) is 0. The number of likely N-dealkylation sites (tertiary alicyclic amines) is 1. The van der Waals surface area contributed by atoms with E-state index in [0.29, 0.717) is 0 Å². The number of hydrogen-bond acceptors (Lipinski definition) is 1. The van der Waals surface area contributed by atoms with E-state index in [1.165, 1.54) is 25.8 Å². The minimum atomic E-state index is 0. The summed E-state index contributed by atoms with van der Waals surface area (Å²) in [6.45, 7) is 8.16. The van der Waals surface area contributed by atoms with Gasteiger partial charge >= 0.3 is 0 Å². The Morgan fingerprint density at radius 3 is 1.58 bits per heavy atom. The maximum Gasteiger partial charge on any atom is 0.00760 e. The van der Waals surface area contributed by atoms with Crippen LogP contribution in [-0.2, 0) is 0 Å². The van der Waals surface area contributed by atoms with Crippen LogP contribution >= 0.6 is 0 Å².